The number of nitrogens with one attached hydrogen (secondary N) is 1. The van der Waals surface area contributed by atoms with Gasteiger partial charge in [-0.2, -0.15) is 13.2 Å². The molecule has 10 nitrogen and oxygen atoms in total. The summed E-state index contributed by atoms with van der Waals surface area (Å²) in [5.74, 6) is -3.57. The first-order valence-electron chi connectivity index (χ1n) is 12.5. The smallest absolute Gasteiger partial charge is 0.489 e. The van der Waals surface area contributed by atoms with Gasteiger partial charge >= 0.3 is 12.5 Å². The maximum atomic E-state index is 14.5. The zero-order valence-corrected chi connectivity index (χ0v) is 22.3. The van der Waals surface area contributed by atoms with E-state index >= 15 is 0 Å². The van der Waals surface area contributed by atoms with E-state index in [2.05, 4.69) is 14.7 Å². The summed E-state index contributed by atoms with van der Waals surface area (Å²) in [5.41, 5.74) is -1.83. The molecule has 0 unspecified atom stereocenters. The zero-order chi connectivity index (χ0) is 32.2. The van der Waals surface area contributed by atoms with Gasteiger partial charge in [0.2, 0.25) is 11.5 Å². The van der Waals surface area contributed by atoms with Crippen LogP contribution in [0.25, 0.3) is 16.9 Å². The van der Waals surface area contributed by atoms with Crippen molar-refractivity contribution in [3.63, 3.8) is 0 Å². The van der Waals surface area contributed by atoms with E-state index in [0.717, 1.165) is 47.1 Å². The first-order valence-corrected chi connectivity index (χ1v) is 12.5. The molecule has 1 aromatic carbocycles. The van der Waals surface area contributed by atoms with Crippen LogP contribution in [0.1, 0.15) is 28.7 Å². The second-order valence-corrected chi connectivity index (χ2v) is 10.1. The molecule has 1 aliphatic heterocycles. The highest BCUT2D eigenvalue weighted by atomic mass is 19.4. The SMILES string of the molecule is C[C@]1(C(N)=O)COc2c1cc([C@@](O)(CNC(=O)c1cn3cc(OC(F)(F)F)ccc3n1)C(F)(F)F)nc2-c1ccc(F)cc1. The van der Waals surface area contributed by atoms with E-state index in [4.69, 9.17) is 10.5 Å². The molecule has 0 saturated carbocycles. The Hall–Kier alpha value is -4.93. The third kappa shape index (κ3) is 5.45. The van der Waals surface area contributed by atoms with Gasteiger partial charge in [0, 0.05) is 17.3 Å². The largest absolute Gasteiger partial charge is 0.573 e. The van der Waals surface area contributed by atoms with Gasteiger partial charge < -0.3 is 30.0 Å². The Morgan fingerprint density at radius 3 is 2.39 bits per heavy atom. The summed E-state index contributed by atoms with van der Waals surface area (Å²) < 4.78 is 105. The van der Waals surface area contributed by atoms with E-state index in [1.54, 1.807) is 0 Å². The van der Waals surface area contributed by atoms with Crippen molar-refractivity contribution in [3.8, 4) is 22.8 Å². The fourth-order valence-electron chi connectivity index (χ4n) is 4.51. The van der Waals surface area contributed by atoms with Gasteiger partial charge in [0.1, 0.15) is 46.4 Å². The van der Waals surface area contributed by atoms with Crippen LogP contribution in [0.15, 0.2) is 54.9 Å². The number of pyridine rings is 2. The molecule has 2 atom stereocenters. The highest BCUT2D eigenvalue weighted by Crippen LogP contribution is 2.47. The average molecular weight is 627 g/mol. The van der Waals surface area contributed by atoms with Crippen molar-refractivity contribution in [2.75, 3.05) is 13.2 Å². The van der Waals surface area contributed by atoms with E-state index in [9.17, 15) is 45.4 Å². The van der Waals surface area contributed by atoms with E-state index in [0.29, 0.717) is 0 Å². The van der Waals surface area contributed by atoms with Gasteiger partial charge in [0.15, 0.2) is 0 Å². The van der Waals surface area contributed by atoms with E-state index in [-0.39, 0.29) is 34.8 Å². The highest BCUT2D eigenvalue weighted by molar-refractivity contribution is 5.93. The second-order valence-electron chi connectivity index (χ2n) is 10.1. The van der Waals surface area contributed by atoms with Crippen molar-refractivity contribution in [1.82, 2.24) is 19.7 Å². The minimum absolute atomic E-state index is 0.0364. The molecule has 0 saturated heterocycles. The number of halogens is 7. The van der Waals surface area contributed by atoms with Crippen molar-refractivity contribution >= 4 is 17.5 Å². The fourth-order valence-corrected chi connectivity index (χ4v) is 4.51. The van der Waals surface area contributed by atoms with Crippen molar-refractivity contribution in [2.24, 2.45) is 5.73 Å². The minimum atomic E-state index is -5.47. The molecule has 0 radical (unpaired) electrons. The van der Waals surface area contributed by atoms with Crippen LogP contribution >= 0.6 is 0 Å². The minimum Gasteiger partial charge on any atom is -0.489 e. The van der Waals surface area contributed by atoms with Crippen LogP contribution < -0.4 is 20.5 Å². The van der Waals surface area contributed by atoms with Gasteiger partial charge in [-0.05, 0) is 49.4 Å². The second kappa shape index (κ2) is 10.4. The molecule has 232 valence electrons. The van der Waals surface area contributed by atoms with Gasteiger partial charge in [0.05, 0.1) is 18.4 Å². The lowest BCUT2D eigenvalue weighted by atomic mass is 9.81. The summed E-state index contributed by atoms with van der Waals surface area (Å²) in [6.45, 7) is -0.543. The van der Waals surface area contributed by atoms with Crippen molar-refractivity contribution in [3.05, 3.63) is 77.6 Å². The predicted molar refractivity (Wildman–Crippen MR) is 136 cm³/mol. The molecule has 1 aliphatic rings. The van der Waals surface area contributed by atoms with Gasteiger partial charge in [-0.25, -0.2) is 14.4 Å². The Morgan fingerprint density at radius 2 is 1.77 bits per heavy atom. The lowest BCUT2D eigenvalue weighted by molar-refractivity contribution is -0.274. The van der Waals surface area contributed by atoms with Crippen molar-refractivity contribution in [2.45, 2.75) is 30.5 Å². The highest BCUT2D eigenvalue weighted by Gasteiger charge is 2.57. The van der Waals surface area contributed by atoms with E-state index in [1.165, 1.54) is 19.1 Å². The van der Waals surface area contributed by atoms with Gasteiger partial charge in [-0.15, -0.1) is 13.2 Å². The Bertz CT molecular complexity index is 1770. The summed E-state index contributed by atoms with van der Waals surface area (Å²) >= 11 is 0. The average Bonchev–Trinajstić information content (AvgIpc) is 3.52. The number of amides is 2. The van der Waals surface area contributed by atoms with Crippen LogP contribution in [0.5, 0.6) is 11.5 Å². The lowest BCUT2D eigenvalue weighted by Crippen LogP contribution is -2.52. The predicted octanol–water partition coefficient (Wildman–Crippen LogP) is 3.75. The molecule has 4 N–H and O–H groups in total. The number of hydrogen-bond donors (Lipinski definition) is 3. The molecule has 4 aromatic rings. The third-order valence-corrected chi connectivity index (χ3v) is 7.02. The molecular formula is C27H20F7N5O5. The zero-order valence-electron chi connectivity index (χ0n) is 22.3. The van der Waals surface area contributed by atoms with Crippen molar-refractivity contribution in [1.29, 1.82) is 0 Å². The number of nitrogens with zero attached hydrogens (tertiary/aromatic N) is 3. The molecule has 44 heavy (non-hydrogen) atoms. The Labute approximate surface area is 242 Å². The van der Waals surface area contributed by atoms with Crippen LogP contribution in [0.4, 0.5) is 30.7 Å². The maximum absolute atomic E-state index is 14.5. The third-order valence-electron chi connectivity index (χ3n) is 7.02. The summed E-state index contributed by atoms with van der Waals surface area (Å²) in [6.07, 6.45) is -8.68. The van der Waals surface area contributed by atoms with E-state index < -0.39 is 64.9 Å². The number of primary amides is 1. The molecule has 0 aliphatic carbocycles. The lowest BCUT2D eigenvalue weighted by Gasteiger charge is -2.31. The van der Waals surface area contributed by atoms with Crippen LogP contribution in [0.2, 0.25) is 0 Å². The number of carbonyl (C=O) groups excluding carboxylic acids is 2. The molecule has 4 heterocycles. The molecule has 17 heteroatoms. The number of nitrogens with two attached hydrogens (primary N) is 1. The van der Waals surface area contributed by atoms with Gasteiger partial charge in [-0.1, -0.05) is 0 Å². The van der Waals surface area contributed by atoms with Crippen LogP contribution in [0.3, 0.4) is 0 Å². The van der Waals surface area contributed by atoms with Crippen LogP contribution in [-0.4, -0.2) is 57.0 Å². The molecule has 0 fully saturated rings. The molecular weight excluding hydrogens is 607 g/mol. The van der Waals surface area contributed by atoms with Crippen LogP contribution in [0, 0.1) is 5.82 Å². The number of alkyl halides is 6. The summed E-state index contributed by atoms with van der Waals surface area (Å²) in [4.78, 5) is 33.0. The first kappa shape index (κ1) is 30.5. The number of ether oxygens (including phenoxy) is 2. The number of rotatable bonds is 7. The Balaban J connectivity index is 1.52. The number of imidazole rings is 1. The maximum Gasteiger partial charge on any atom is 0.573 e. The topological polar surface area (TPSA) is 141 Å². The molecule has 0 bridgehead atoms. The van der Waals surface area contributed by atoms with E-state index in [1.807, 2.05) is 5.32 Å². The van der Waals surface area contributed by atoms with Gasteiger partial charge in [-0.3, -0.25) is 9.59 Å². The normalized spacial score (nSPS) is 17.9. The number of carbonyl (C=O) groups is 2. The number of aromatic nitrogens is 3. The molecule has 3 aromatic heterocycles. The molecule has 5 rings (SSSR count). The number of hydrogen-bond acceptors (Lipinski definition) is 7. The van der Waals surface area contributed by atoms with Crippen molar-refractivity contribution < 1.29 is 54.9 Å². The number of aliphatic hydroxyl groups is 1. The quantitative estimate of drug-likeness (QED) is 0.265. The monoisotopic (exact) mass is 627 g/mol. The number of fused-ring (bicyclic) bond motifs is 2. The van der Waals surface area contributed by atoms with Gasteiger partial charge in [0.25, 0.3) is 5.91 Å². The summed E-state index contributed by atoms with van der Waals surface area (Å²) in [6, 6.07) is 7.23. The standard InChI is InChI=1S/C27H20F7N5O5/c1-24(23(35)41)12-43-21-16(24)8-18(38-20(21)13-2-4-14(28)5-3-13)25(42,26(29,30)31)11-36-22(40)17-10-39-9-15(44-27(32,33)34)6-7-19(39)37-17/h2-10,42H,11-12H2,1H3,(H2,35,41)(H,36,40)/t24-,25-/m0/s1. The Kier molecular flexibility index (Phi) is 7.19. The summed E-state index contributed by atoms with van der Waals surface area (Å²) in [5, 5.41) is 13.0. The molecule has 0 spiro atoms. The first-order chi connectivity index (χ1) is 20.4. The summed E-state index contributed by atoms with van der Waals surface area (Å²) in [7, 11) is 0. The fraction of sp³-hybridized carbons (Fsp3) is 0.259. The Morgan fingerprint density at radius 1 is 1.09 bits per heavy atom. The molecule has 2 amide bonds. The number of benzene rings is 1. The van der Waals surface area contributed by atoms with Crippen LogP contribution in [-0.2, 0) is 15.8 Å².